The number of hydrogen-bond acceptors (Lipinski definition) is 3. The summed E-state index contributed by atoms with van der Waals surface area (Å²) in [5.41, 5.74) is 1.10. The molecule has 0 aliphatic carbocycles. The Hall–Kier alpha value is -0.800. The molecule has 0 unspecified atom stereocenters. The molecule has 0 radical (unpaired) electrons. The van der Waals surface area contributed by atoms with E-state index in [1.165, 1.54) is 4.90 Å². The number of hydrogen-bond donors (Lipinski definition) is 1. The van der Waals surface area contributed by atoms with Crippen molar-refractivity contribution in [2.24, 2.45) is 0 Å². The van der Waals surface area contributed by atoms with Crippen molar-refractivity contribution < 1.29 is 4.79 Å². The molecule has 0 aromatic heterocycles. The fourth-order valence-corrected chi connectivity index (χ4v) is 2.13. The van der Waals surface area contributed by atoms with Gasteiger partial charge in [0.1, 0.15) is 5.78 Å². The Balaban J connectivity index is 2.45. The third kappa shape index (κ3) is 5.00. The Morgan fingerprint density at radius 2 is 2.00 bits per heavy atom. The van der Waals surface area contributed by atoms with Gasteiger partial charge in [0.15, 0.2) is 0 Å². The molecule has 1 aromatic carbocycles. The van der Waals surface area contributed by atoms with Crippen LogP contribution in [-0.4, -0.2) is 25.1 Å². The van der Waals surface area contributed by atoms with Crippen molar-refractivity contribution in [3.8, 4) is 0 Å². The predicted octanol–water partition coefficient (Wildman–Crippen LogP) is 2.13. The molecule has 0 saturated carbocycles. The molecule has 0 aliphatic rings. The molecule has 0 aliphatic heterocycles. The van der Waals surface area contributed by atoms with E-state index in [9.17, 15) is 4.79 Å². The van der Waals surface area contributed by atoms with Gasteiger partial charge in [-0.25, -0.2) is 0 Å². The molecule has 15 heavy (non-hydrogen) atoms. The summed E-state index contributed by atoms with van der Waals surface area (Å²) in [6, 6.07) is 8.23. The van der Waals surface area contributed by atoms with Crippen molar-refractivity contribution in [3.05, 3.63) is 29.8 Å². The van der Waals surface area contributed by atoms with E-state index in [0.717, 1.165) is 17.9 Å². The van der Waals surface area contributed by atoms with Crippen molar-refractivity contribution in [3.63, 3.8) is 0 Å². The smallest absolute Gasteiger partial charge is 0.134 e. The van der Waals surface area contributed by atoms with Gasteiger partial charge in [-0.05, 0) is 31.7 Å². The fraction of sp³-hybridized carbons (Fsp3) is 0.417. The molecule has 1 aromatic rings. The number of benzene rings is 1. The summed E-state index contributed by atoms with van der Waals surface area (Å²) in [6.45, 7) is 2.63. The summed E-state index contributed by atoms with van der Waals surface area (Å²) in [5, 5.41) is 3.11. The topological polar surface area (TPSA) is 29.1 Å². The first-order chi connectivity index (χ1) is 7.22. The van der Waals surface area contributed by atoms with Gasteiger partial charge in [-0.3, -0.25) is 4.79 Å². The third-order valence-corrected chi connectivity index (χ3v) is 3.01. The van der Waals surface area contributed by atoms with Crippen LogP contribution in [0.5, 0.6) is 0 Å². The molecule has 0 fully saturated rings. The summed E-state index contributed by atoms with van der Waals surface area (Å²) >= 11 is 1.83. The van der Waals surface area contributed by atoms with Gasteiger partial charge in [0.05, 0.1) is 0 Å². The van der Waals surface area contributed by atoms with Crippen LogP contribution < -0.4 is 5.32 Å². The zero-order valence-electron chi connectivity index (χ0n) is 9.25. The second-order valence-corrected chi connectivity index (χ2v) is 4.64. The maximum atomic E-state index is 10.9. The summed E-state index contributed by atoms with van der Waals surface area (Å²) in [7, 11) is 1.95. The van der Waals surface area contributed by atoms with Gasteiger partial charge in [-0.15, -0.1) is 11.8 Å². The molecular weight excluding hydrogens is 206 g/mol. The molecule has 0 amide bonds. The summed E-state index contributed by atoms with van der Waals surface area (Å²) in [4.78, 5) is 12.2. The number of Topliss-reactive ketones (excluding diaryl/α,β-unsaturated/α-hetero) is 1. The largest absolute Gasteiger partial charge is 0.319 e. The van der Waals surface area contributed by atoms with Crippen LogP contribution in [0.3, 0.4) is 0 Å². The number of carbonyl (C=O) groups excluding carboxylic acids is 1. The Morgan fingerprint density at radius 3 is 2.53 bits per heavy atom. The van der Waals surface area contributed by atoms with E-state index in [2.05, 4.69) is 17.4 Å². The molecule has 3 heteroatoms. The van der Waals surface area contributed by atoms with Crippen LogP contribution in [0, 0.1) is 0 Å². The number of nitrogens with one attached hydrogen (secondary N) is 1. The van der Waals surface area contributed by atoms with Crippen molar-refractivity contribution in [1.29, 1.82) is 0 Å². The highest BCUT2D eigenvalue weighted by molar-refractivity contribution is 7.99. The molecule has 0 atom stereocenters. The van der Waals surface area contributed by atoms with Gasteiger partial charge in [0.2, 0.25) is 0 Å². The van der Waals surface area contributed by atoms with Crippen LogP contribution in [0.15, 0.2) is 29.2 Å². The van der Waals surface area contributed by atoms with Crippen molar-refractivity contribution in [2.75, 3.05) is 19.3 Å². The molecule has 0 saturated heterocycles. The Bertz CT molecular complexity index is 308. The van der Waals surface area contributed by atoms with E-state index >= 15 is 0 Å². The molecular formula is C12H17NOS. The Morgan fingerprint density at radius 1 is 1.33 bits per heavy atom. The number of thioether (sulfide) groups is 1. The molecule has 0 bridgehead atoms. The minimum absolute atomic E-state index is 0.214. The minimum Gasteiger partial charge on any atom is -0.319 e. The van der Waals surface area contributed by atoms with Crippen LogP contribution >= 0.6 is 11.8 Å². The first-order valence-electron chi connectivity index (χ1n) is 5.08. The Labute approximate surface area is 95.5 Å². The van der Waals surface area contributed by atoms with E-state index in [4.69, 9.17) is 0 Å². The van der Waals surface area contributed by atoms with Crippen LogP contribution in [0.25, 0.3) is 0 Å². The molecule has 82 valence electrons. The predicted molar refractivity (Wildman–Crippen MR) is 65.5 cm³/mol. The summed E-state index contributed by atoms with van der Waals surface area (Å²) in [6.07, 6.45) is 0.543. The van der Waals surface area contributed by atoms with E-state index in [-0.39, 0.29) is 5.78 Å². The lowest BCUT2D eigenvalue weighted by molar-refractivity contribution is -0.116. The summed E-state index contributed by atoms with van der Waals surface area (Å²) in [5.74, 6) is 1.29. The highest BCUT2D eigenvalue weighted by Gasteiger charge is 1.98. The lowest BCUT2D eigenvalue weighted by Crippen LogP contribution is -2.09. The maximum absolute atomic E-state index is 10.9. The average molecular weight is 223 g/mol. The standard InChI is InChI=1S/C12H17NOS/c1-10(14)9-11-3-5-12(6-4-11)15-8-7-13-2/h3-6,13H,7-9H2,1-2H3. The molecule has 2 nitrogen and oxygen atoms in total. The molecule has 1 rings (SSSR count). The zero-order chi connectivity index (χ0) is 11.1. The average Bonchev–Trinajstić information content (AvgIpc) is 2.20. The Kier molecular flexibility index (Phi) is 5.43. The minimum atomic E-state index is 0.214. The van der Waals surface area contributed by atoms with E-state index in [1.54, 1.807) is 6.92 Å². The van der Waals surface area contributed by atoms with Gasteiger partial charge in [0.25, 0.3) is 0 Å². The van der Waals surface area contributed by atoms with Crippen LogP contribution in [-0.2, 0) is 11.2 Å². The fourth-order valence-electron chi connectivity index (χ4n) is 1.26. The second kappa shape index (κ2) is 6.64. The van der Waals surface area contributed by atoms with Gasteiger partial charge in [-0.2, -0.15) is 0 Å². The second-order valence-electron chi connectivity index (χ2n) is 3.47. The summed E-state index contributed by atoms with van der Waals surface area (Å²) < 4.78 is 0. The lowest BCUT2D eigenvalue weighted by Gasteiger charge is -2.02. The molecule has 1 N–H and O–H groups in total. The van der Waals surface area contributed by atoms with Crippen molar-refractivity contribution >= 4 is 17.5 Å². The van der Waals surface area contributed by atoms with E-state index in [0.29, 0.717) is 6.42 Å². The first-order valence-corrected chi connectivity index (χ1v) is 6.06. The number of ketones is 1. The van der Waals surface area contributed by atoms with E-state index < -0.39 is 0 Å². The van der Waals surface area contributed by atoms with Crippen LogP contribution in [0.4, 0.5) is 0 Å². The van der Waals surface area contributed by atoms with Crippen molar-refractivity contribution in [1.82, 2.24) is 5.32 Å². The first kappa shape index (κ1) is 12.3. The van der Waals surface area contributed by atoms with Crippen LogP contribution in [0.1, 0.15) is 12.5 Å². The number of carbonyl (C=O) groups is 1. The van der Waals surface area contributed by atoms with Crippen LogP contribution in [0.2, 0.25) is 0 Å². The maximum Gasteiger partial charge on any atom is 0.134 e. The highest BCUT2D eigenvalue weighted by atomic mass is 32.2. The molecule has 0 spiro atoms. The quantitative estimate of drug-likeness (QED) is 0.592. The molecule has 0 heterocycles. The lowest BCUT2D eigenvalue weighted by atomic mass is 10.1. The third-order valence-electron chi connectivity index (χ3n) is 2.00. The van der Waals surface area contributed by atoms with Crippen molar-refractivity contribution in [2.45, 2.75) is 18.2 Å². The monoisotopic (exact) mass is 223 g/mol. The number of rotatable bonds is 6. The SMILES string of the molecule is CNCCSc1ccc(CC(C)=O)cc1. The van der Waals surface area contributed by atoms with Gasteiger partial charge in [-0.1, -0.05) is 12.1 Å². The van der Waals surface area contributed by atoms with Gasteiger partial charge >= 0.3 is 0 Å². The van der Waals surface area contributed by atoms with Gasteiger partial charge < -0.3 is 5.32 Å². The van der Waals surface area contributed by atoms with Gasteiger partial charge in [0, 0.05) is 23.6 Å². The highest BCUT2D eigenvalue weighted by Crippen LogP contribution is 2.17. The normalized spacial score (nSPS) is 10.3. The van der Waals surface area contributed by atoms with E-state index in [1.807, 2.05) is 30.9 Å². The zero-order valence-corrected chi connectivity index (χ0v) is 10.1.